The number of hydrogen-bond acceptors (Lipinski definition) is 3. The topological polar surface area (TPSA) is 92.9 Å². The minimum absolute atomic E-state index is 0.00255. The number of benzene rings is 1. The van der Waals surface area contributed by atoms with E-state index in [2.05, 4.69) is 43.0 Å². The van der Waals surface area contributed by atoms with E-state index in [0.29, 0.717) is 0 Å². The van der Waals surface area contributed by atoms with Crippen LogP contribution in [0, 0.1) is 5.41 Å². The smallest absolute Gasteiger partial charge is 0.341 e. The van der Waals surface area contributed by atoms with E-state index in [1.807, 2.05) is 28.6 Å². The first-order valence-corrected chi connectivity index (χ1v) is 10.3. The van der Waals surface area contributed by atoms with Gasteiger partial charge < -0.3 is 14.7 Å². The van der Waals surface area contributed by atoms with E-state index in [-0.39, 0.29) is 17.0 Å². The highest BCUT2D eigenvalue weighted by Crippen LogP contribution is 2.46. The third-order valence-corrected chi connectivity index (χ3v) is 6.37. The first-order chi connectivity index (χ1) is 14.7. The molecule has 2 N–H and O–H groups in total. The number of aromatic nitrogens is 4. The van der Waals surface area contributed by atoms with Gasteiger partial charge in [0.15, 0.2) is 5.43 Å². The lowest BCUT2D eigenvalue weighted by molar-refractivity contribution is 0.0693. The Morgan fingerprint density at radius 2 is 1.97 bits per heavy atom. The van der Waals surface area contributed by atoms with Crippen LogP contribution in [0.1, 0.15) is 42.7 Å². The predicted molar refractivity (Wildman–Crippen MR) is 119 cm³/mol. The van der Waals surface area contributed by atoms with Crippen molar-refractivity contribution in [2.24, 2.45) is 12.5 Å². The second-order valence-electron chi connectivity index (χ2n) is 9.29. The van der Waals surface area contributed by atoms with Crippen LogP contribution in [0.4, 0.5) is 0 Å². The van der Waals surface area contributed by atoms with Crippen LogP contribution in [-0.2, 0) is 13.5 Å². The Morgan fingerprint density at radius 3 is 2.61 bits per heavy atom. The summed E-state index contributed by atoms with van der Waals surface area (Å²) in [5.74, 6) is -1.20. The molecule has 3 aromatic heterocycles. The molecule has 0 fully saturated rings. The van der Waals surface area contributed by atoms with Crippen molar-refractivity contribution in [2.75, 3.05) is 0 Å². The second kappa shape index (κ2) is 6.44. The maximum absolute atomic E-state index is 12.7. The summed E-state index contributed by atoms with van der Waals surface area (Å²) < 4.78 is 3.81. The average molecular weight is 416 g/mol. The molecule has 1 aromatic carbocycles. The normalized spacial score (nSPS) is 15.7. The standard InChI is InChI=1S/C24H24N4O3/c1-24(2,3)21-10-16-15(19-11-20(29)17(23(30)31)12-28(19)21)9-14(13-5-7-25-22(13)16)18-6-8-26-27(18)4/h5-9,11-12,21,25H,10H2,1-4H3,(H,30,31)/t21-/m0/s1. The minimum atomic E-state index is -1.20. The summed E-state index contributed by atoms with van der Waals surface area (Å²) in [5, 5.41) is 15.0. The average Bonchev–Trinajstić information content (AvgIpc) is 3.34. The maximum atomic E-state index is 12.7. The minimum Gasteiger partial charge on any atom is -0.477 e. The first kappa shape index (κ1) is 19.4. The van der Waals surface area contributed by atoms with Gasteiger partial charge in [-0.25, -0.2) is 4.79 Å². The van der Waals surface area contributed by atoms with E-state index < -0.39 is 11.4 Å². The molecule has 7 heteroatoms. The number of aryl methyl sites for hydroxylation is 1. The molecule has 0 saturated carbocycles. The summed E-state index contributed by atoms with van der Waals surface area (Å²) in [7, 11) is 1.90. The van der Waals surface area contributed by atoms with Crippen molar-refractivity contribution in [3.63, 3.8) is 0 Å². The summed E-state index contributed by atoms with van der Waals surface area (Å²) in [5.41, 5.74) is 5.06. The van der Waals surface area contributed by atoms with Gasteiger partial charge in [-0.3, -0.25) is 9.48 Å². The maximum Gasteiger partial charge on any atom is 0.341 e. The zero-order chi connectivity index (χ0) is 22.1. The lowest BCUT2D eigenvalue weighted by Gasteiger charge is -2.39. The lowest BCUT2D eigenvalue weighted by atomic mass is 9.78. The molecule has 4 heterocycles. The molecule has 1 atom stereocenters. The molecule has 0 bridgehead atoms. The highest BCUT2D eigenvalue weighted by Gasteiger charge is 2.35. The van der Waals surface area contributed by atoms with Gasteiger partial charge in [-0.1, -0.05) is 20.8 Å². The number of carboxylic acids is 1. The SMILES string of the molecule is Cn1nccc1-c1cc2c(c3[nH]ccc13)C[C@@H](C(C)(C)C)n1cc(C(=O)O)c(=O)cc1-2. The number of fused-ring (bicyclic) bond motifs is 5. The molecule has 0 radical (unpaired) electrons. The van der Waals surface area contributed by atoms with Crippen molar-refractivity contribution >= 4 is 16.9 Å². The number of nitrogens with zero attached hydrogens (tertiary/aromatic N) is 3. The molecule has 5 rings (SSSR count). The molecule has 0 unspecified atom stereocenters. The molecule has 0 amide bonds. The number of H-pyrrole nitrogens is 1. The number of rotatable bonds is 2. The summed E-state index contributed by atoms with van der Waals surface area (Å²) in [4.78, 5) is 27.7. The third-order valence-electron chi connectivity index (χ3n) is 6.37. The Bertz CT molecular complexity index is 1420. The Hall–Kier alpha value is -3.61. The number of aromatic amines is 1. The van der Waals surface area contributed by atoms with E-state index in [0.717, 1.165) is 45.4 Å². The van der Waals surface area contributed by atoms with Crippen LogP contribution in [0.3, 0.4) is 0 Å². The van der Waals surface area contributed by atoms with Crippen LogP contribution in [0.15, 0.2) is 47.7 Å². The van der Waals surface area contributed by atoms with Gasteiger partial charge in [-0.05, 0) is 35.6 Å². The molecule has 7 nitrogen and oxygen atoms in total. The molecule has 158 valence electrons. The zero-order valence-corrected chi connectivity index (χ0v) is 17.9. The number of nitrogens with one attached hydrogen (secondary N) is 1. The molecule has 1 aliphatic heterocycles. The molecular formula is C24H24N4O3. The van der Waals surface area contributed by atoms with Crippen molar-refractivity contribution in [3.8, 4) is 22.5 Å². The fourth-order valence-corrected chi connectivity index (χ4v) is 4.78. The van der Waals surface area contributed by atoms with E-state index in [1.165, 1.54) is 12.3 Å². The van der Waals surface area contributed by atoms with Crippen LogP contribution in [0.2, 0.25) is 0 Å². The van der Waals surface area contributed by atoms with Crippen LogP contribution in [-0.4, -0.2) is 30.4 Å². The summed E-state index contributed by atoms with van der Waals surface area (Å²) in [6, 6.07) is 7.62. The van der Waals surface area contributed by atoms with Crippen molar-refractivity contribution in [2.45, 2.75) is 33.2 Å². The number of pyridine rings is 1. The quantitative estimate of drug-likeness (QED) is 0.511. The zero-order valence-electron chi connectivity index (χ0n) is 17.9. The largest absolute Gasteiger partial charge is 0.477 e. The van der Waals surface area contributed by atoms with E-state index in [1.54, 1.807) is 6.20 Å². The van der Waals surface area contributed by atoms with Crippen molar-refractivity contribution < 1.29 is 9.90 Å². The highest BCUT2D eigenvalue weighted by molar-refractivity contribution is 6.01. The van der Waals surface area contributed by atoms with E-state index in [9.17, 15) is 14.7 Å². The summed E-state index contributed by atoms with van der Waals surface area (Å²) in [6.45, 7) is 6.42. The Kier molecular flexibility index (Phi) is 4.02. The van der Waals surface area contributed by atoms with Gasteiger partial charge in [0, 0.05) is 54.3 Å². The molecule has 1 aliphatic rings. The van der Waals surface area contributed by atoms with E-state index >= 15 is 0 Å². The van der Waals surface area contributed by atoms with Gasteiger partial charge in [0.2, 0.25) is 0 Å². The van der Waals surface area contributed by atoms with E-state index in [4.69, 9.17) is 0 Å². The monoisotopic (exact) mass is 416 g/mol. The van der Waals surface area contributed by atoms with Gasteiger partial charge in [-0.2, -0.15) is 5.10 Å². The Balaban J connectivity index is 1.88. The Morgan fingerprint density at radius 1 is 1.19 bits per heavy atom. The second-order valence-corrected chi connectivity index (χ2v) is 9.29. The summed E-state index contributed by atoms with van der Waals surface area (Å²) in [6.07, 6.45) is 5.95. The van der Waals surface area contributed by atoms with Gasteiger partial charge >= 0.3 is 5.97 Å². The van der Waals surface area contributed by atoms with Crippen LogP contribution in [0.5, 0.6) is 0 Å². The van der Waals surface area contributed by atoms with Crippen molar-refractivity contribution in [1.29, 1.82) is 0 Å². The number of aromatic carboxylic acids is 1. The number of hydrogen-bond donors (Lipinski definition) is 2. The molecule has 0 spiro atoms. The van der Waals surface area contributed by atoms with Gasteiger partial charge in [0.25, 0.3) is 0 Å². The van der Waals surface area contributed by atoms with Gasteiger partial charge in [0.05, 0.1) is 16.9 Å². The van der Waals surface area contributed by atoms with Gasteiger partial charge in [-0.15, -0.1) is 0 Å². The third kappa shape index (κ3) is 2.84. The molecular weight excluding hydrogens is 392 g/mol. The number of carboxylic acid groups (broad SMARTS) is 1. The number of carbonyl (C=O) groups is 1. The predicted octanol–water partition coefficient (Wildman–Crippen LogP) is 4.24. The van der Waals surface area contributed by atoms with Crippen LogP contribution >= 0.6 is 0 Å². The highest BCUT2D eigenvalue weighted by atomic mass is 16.4. The fraction of sp³-hybridized carbons (Fsp3) is 0.292. The first-order valence-electron chi connectivity index (χ1n) is 10.3. The van der Waals surface area contributed by atoms with Crippen molar-refractivity contribution in [3.05, 3.63) is 64.2 Å². The van der Waals surface area contributed by atoms with Crippen LogP contribution in [0.25, 0.3) is 33.4 Å². The summed E-state index contributed by atoms with van der Waals surface area (Å²) >= 11 is 0. The lowest BCUT2D eigenvalue weighted by Crippen LogP contribution is -2.33. The molecule has 4 aromatic rings. The molecule has 0 aliphatic carbocycles. The van der Waals surface area contributed by atoms with Crippen LogP contribution < -0.4 is 5.43 Å². The van der Waals surface area contributed by atoms with Crippen molar-refractivity contribution in [1.82, 2.24) is 19.3 Å². The van der Waals surface area contributed by atoms with Gasteiger partial charge in [0.1, 0.15) is 5.56 Å². The molecule has 0 saturated heterocycles. The fourth-order valence-electron chi connectivity index (χ4n) is 4.78. The molecule has 31 heavy (non-hydrogen) atoms. The Labute approximate surface area is 179 Å².